The van der Waals surface area contributed by atoms with Crippen LogP contribution >= 0.6 is 11.6 Å². The third-order valence-electron chi connectivity index (χ3n) is 7.43. The second-order valence-electron chi connectivity index (χ2n) is 10.1. The summed E-state index contributed by atoms with van der Waals surface area (Å²) >= 11 is 6.14. The Balaban J connectivity index is 1.12. The number of ether oxygens (including phenoxy) is 2. The first-order valence-electron chi connectivity index (χ1n) is 12.5. The summed E-state index contributed by atoms with van der Waals surface area (Å²) in [5.41, 5.74) is 1.35. The zero-order valence-corrected chi connectivity index (χ0v) is 20.6. The predicted molar refractivity (Wildman–Crippen MR) is 134 cm³/mol. The molecule has 2 aliphatic heterocycles. The number of rotatable bonds is 7. The smallest absolute Gasteiger partial charge is 0.255 e. The molecule has 1 atom stereocenters. The minimum absolute atomic E-state index is 0.0204. The molecule has 1 spiro atoms. The summed E-state index contributed by atoms with van der Waals surface area (Å²) in [6.45, 7) is 2.15. The summed E-state index contributed by atoms with van der Waals surface area (Å²) in [6, 6.07) is 10.5. The molecular formula is C27H33ClN2O5. The number of phenolic OH excluding ortho intramolecular Hbond substituents is 1. The van der Waals surface area contributed by atoms with Gasteiger partial charge in [0.05, 0.1) is 5.56 Å². The Kier molecular flexibility index (Phi) is 7.09. The molecule has 8 heteroatoms. The first-order chi connectivity index (χ1) is 16.9. The molecule has 0 bridgehead atoms. The van der Waals surface area contributed by atoms with Crippen molar-refractivity contribution in [3.8, 4) is 17.2 Å². The van der Waals surface area contributed by atoms with Crippen molar-refractivity contribution in [3.05, 3.63) is 52.5 Å². The van der Waals surface area contributed by atoms with Gasteiger partial charge in [0.15, 0.2) is 0 Å². The molecule has 2 aromatic carbocycles. The number of carbonyl (C=O) groups excluding carboxylic acids is 1. The van der Waals surface area contributed by atoms with Gasteiger partial charge in [-0.05, 0) is 48.7 Å². The standard InChI is InChI=1S/C27H33ClN2O5/c28-19-5-8-24-18(13-19)15-27(35-24)9-11-30(12-10-27)16-22(32)17-34-25-14-21(31)6-7-23(25)26(33)29-20-3-1-2-4-20/h5-8,13-14,20,22,31-32H,1-4,9-12,15-17H2,(H,29,33)/t22-/m1/s1. The second kappa shape index (κ2) is 10.2. The number of aliphatic hydroxyl groups excluding tert-OH is 1. The minimum Gasteiger partial charge on any atom is -0.508 e. The molecule has 7 nitrogen and oxygen atoms in total. The van der Waals surface area contributed by atoms with Crippen molar-refractivity contribution in [2.75, 3.05) is 26.2 Å². The number of amides is 1. The summed E-state index contributed by atoms with van der Waals surface area (Å²) < 4.78 is 12.1. The summed E-state index contributed by atoms with van der Waals surface area (Å²) in [5.74, 6) is 1.02. The predicted octanol–water partition coefficient (Wildman–Crippen LogP) is 3.93. The van der Waals surface area contributed by atoms with Crippen molar-refractivity contribution in [1.29, 1.82) is 0 Å². The average Bonchev–Trinajstić information content (AvgIpc) is 3.46. The van der Waals surface area contributed by atoms with E-state index >= 15 is 0 Å². The largest absolute Gasteiger partial charge is 0.508 e. The molecular weight excluding hydrogens is 468 g/mol. The van der Waals surface area contributed by atoms with Gasteiger partial charge >= 0.3 is 0 Å². The maximum atomic E-state index is 12.8. The van der Waals surface area contributed by atoms with Crippen molar-refractivity contribution >= 4 is 17.5 Å². The number of nitrogens with one attached hydrogen (secondary N) is 1. The van der Waals surface area contributed by atoms with Crippen molar-refractivity contribution in [1.82, 2.24) is 10.2 Å². The summed E-state index contributed by atoms with van der Waals surface area (Å²) in [7, 11) is 0. The van der Waals surface area contributed by atoms with Crippen molar-refractivity contribution in [3.63, 3.8) is 0 Å². The Morgan fingerprint density at radius 3 is 2.74 bits per heavy atom. The monoisotopic (exact) mass is 500 g/mol. The minimum atomic E-state index is -0.724. The fourth-order valence-corrected chi connectivity index (χ4v) is 5.71. The Morgan fingerprint density at radius 1 is 1.20 bits per heavy atom. The number of benzene rings is 2. The van der Waals surface area contributed by atoms with E-state index in [0.29, 0.717) is 12.1 Å². The van der Waals surface area contributed by atoms with Crippen LogP contribution in [0.5, 0.6) is 17.2 Å². The molecule has 2 fully saturated rings. The van der Waals surface area contributed by atoms with Crippen LogP contribution in [0.2, 0.25) is 5.02 Å². The number of nitrogens with zero attached hydrogens (tertiary/aromatic N) is 1. The van der Waals surface area contributed by atoms with Gasteiger partial charge < -0.3 is 29.9 Å². The average molecular weight is 501 g/mol. The van der Waals surface area contributed by atoms with Crippen LogP contribution in [0.3, 0.4) is 0 Å². The first kappa shape index (κ1) is 24.2. The van der Waals surface area contributed by atoms with Crippen molar-refractivity contribution in [2.45, 2.75) is 62.7 Å². The van der Waals surface area contributed by atoms with Crippen LogP contribution in [0, 0.1) is 0 Å². The van der Waals surface area contributed by atoms with Gasteiger partial charge in [-0.15, -0.1) is 0 Å². The van der Waals surface area contributed by atoms with Crippen LogP contribution in [0.4, 0.5) is 0 Å². The second-order valence-corrected chi connectivity index (χ2v) is 10.6. The summed E-state index contributed by atoms with van der Waals surface area (Å²) in [5, 5.41) is 24.3. The van der Waals surface area contributed by atoms with E-state index in [-0.39, 0.29) is 35.7 Å². The normalized spacial score (nSPS) is 20.4. The highest BCUT2D eigenvalue weighted by Crippen LogP contribution is 2.42. The van der Waals surface area contributed by atoms with E-state index in [0.717, 1.165) is 68.8 Å². The Morgan fingerprint density at radius 2 is 1.97 bits per heavy atom. The van der Waals surface area contributed by atoms with E-state index in [1.165, 1.54) is 17.7 Å². The maximum absolute atomic E-state index is 12.8. The van der Waals surface area contributed by atoms with E-state index in [9.17, 15) is 15.0 Å². The molecule has 1 amide bonds. The molecule has 188 valence electrons. The number of hydrogen-bond acceptors (Lipinski definition) is 6. The van der Waals surface area contributed by atoms with E-state index in [4.69, 9.17) is 21.1 Å². The number of phenols is 1. The van der Waals surface area contributed by atoms with Gasteiger partial charge in [0.1, 0.15) is 35.6 Å². The quantitative estimate of drug-likeness (QED) is 0.533. The van der Waals surface area contributed by atoms with E-state index in [2.05, 4.69) is 10.2 Å². The third kappa shape index (κ3) is 5.68. The van der Waals surface area contributed by atoms with Crippen LogP contribution in [-0.2, 0) is 6.42 Å². The molecule has 2 aromatic rings. The fourth-order valence-electron chi connectivity index (χ4n) is 5.51. The lowest BCUT2D eigenvalue weighted by atomic mass is 9.87. The highest BCUT2D eigenvalue weighted by Gasteiger charge is 2.42. The number of aliphatic hydroxyl groups is 1. The molecule has 1 saturated carbocycles. The fraction of sp³-hybridized carbons (Fsp3) is 0.519. The molecule has 3 aliphatic rings. The van der Waals surface area contributed by atoms with Crippen LogP contribution in [-0.4, -0.2) is 65.0 Å². The van der Waals surface area contributed by atoms with E-state index in [1.807, 2.05) is 18.2 Å². The van der Waals surface area contributed by atoms with Gasteiger partial charge in [-0.3, -0.25) is 4.79 Å². The Labute approximate surface area is 211 Å². The summed E-state index contributed by atoms with van der Waals surface area (Å²) in [4.78, 5) is 15.0. The zero-order chi connectivity index (χ0) is 24.4. The highest BCUT2D eigenvalue weighted by molar-refractivity contribution is 6.30. The van der Waals surface area contributed by atoms with E-state index < -0.39 is 6.10 Å². The molecule has 0 radical (unpaired) electrons. The number of halogens is 1. The lowest BCUT2D eigenvalue weighted by Crippen LogP contribution is -2.49. The van der Waals surface area contributed by atoms with Gasteiger partial charge in [-0.1, -0.05) is 24.4 Å². The number of likely N-dealkylation sites (tertiary alicyclic amines) is 1. The number of fused-ring (bicyclic) bond motifs is 1. The first-order valence-corrected chi connectivity index (χ1v) is 12.9. The molecule has 3 N–H and O–H groups in total. The third-order valence-corrected chi connectivity index (χ3v) is 7.66. The molecule has 2 heterocycles. The van der Waals surface area contributed by atoms with Crippen LogP contribution in [0.15, 0.2) is 36.4 Å². The van der Waals surface area contributed by atoms with Gasteiger partial charge in [-0.25, -0.2) is 0 Å². The van der Waals surface area contributed by atoms with Gasteiger partial charge in [-0.2, -0.15) is 0 Å². The molecule has 0 aromatic heterocycles. The number of β-amino-alcohol motifs (C(OH)–C–C–N with tert-alkyl or cyclic N) is 1. The number of carbonyl (C=O) groups is 1. The van der Waals surface area contributed by atoms with E-state index in [1.54, 1.807) is 6.07 Å². The lowest BCUT2D eigenvalue weighted by Gasteiger charge is -2.39. The van der Waals surface area contributed by atoms with Gasteiger partial charge in [0.25, 0.3) is 5.91 Å². The molecule has 1 saturated heterocycles. The number of aromatic hydroxyl groups is 1. The number of hydrogen-bond donors (Lipinski definition) is 3. The zero-order valence-electron chi connectivity index (χ0n) is 19.8. The topological polar surface area (TPSA) is 91.3 Å². The molecule has 5 rings (SSSR count). The molecule has 35 heavy (non-hydrogen) atoms. The lowest BCUT2D eigenvalue weighted by molar-refractivity contribution is -0.00200. The Bertz CT molecular complexity index is 1060. The Hall–Kier alpha value is -2.48. The number of piperidine rings is 1. The summed E-state index contributed by atoms with van der Waals surface area (Å²) in [6.07, 6.45) is 6.13. The van der Waals surface area contributed by atoms with Crippen LogP contribution in [0.1, 0.15) is 54.4 Å². The highest BCUT2D eigenvalue weighted by atomic mass is 35.5. The van der Waals surface area contributed by atoms with Gasteiger partial charge in [0.2, 0.25) is 0 Å². The maximum Gasteiger partial charge on any atom is 0.255 e. The van der Waals surface area contributed by atoms with Crippen LogP contribution in [0.25, 0.3) is 0 Å². The van der Waals surface area contributed by atoms with Crippen molar-refractivity contribution in [2.24, 2.45) is 0 Å². The van der Waals surface area contributed by atoms with Crippen molar-refractivity contribution < 1.29 is 24.5 Å². The SMILES string of the molecule is O=C(NC1CCCC1)c1ccc(O)cc1OC[C@H](O)CN1CCC2(CC1)Cc1cc(Cl)ccc1O2. The molecule has 1 aliphatic carbocycles. The molecule has 0 unspecified atom stereocenters. The van der Waals surface area contributed by atoms with Gasteiger partial charge in [0, 0.05) is 56.0 Å². The van der Waals surface area contributed by atoms with Crippen LogP contribution < -0.4 is 14.8 Å².